The van der Waals surface area contributed by atoms with Gasteiger partial charge in [0, 0.05) is 32.2 Å². The molecule has 1 aliphatic carbocycles. The van der Waals surface area contributed by atoms with Crippen molar-refractivity contribution in [2.24, 2.45) is 0 Å². The van der Waals surface area contributed by atoms with Crippen molar-refractivity contribution in [1.82, 2.24) is 10.2 Å². The number of nitrogens with one attached hydrogen (secondary N) is 1. The van der Waals surface area contributed by atoms with Crippen LogP contribution in [0, 0.1) is 0 Å². The number of piperidine rings is 1. The molecule has 0 aromatic heterocycles. The third kappa shape index (κ3) is 4.37. The van der Waals surface area contributed by atoms with Crippen LogP contribution in [0.1, 0.15) is 25.7 Å². The zero-order chi connectivity index (χ0) is 11.2. The van der Waals surface area contributed by atoms with Crippen molar-refractivity contribution in [1.29, 1.82) is 0 Å². The smallest absolute Gasteiger partial charge is 0.0701 e. The predicted molar refractivity (Wildman–Crippen MR) is 63.5 cm³/mol. The van der Waals surface area contributed by atoms with Crippen molar-refractivity contribution >= 4 is 0 Å². The SMILES string of the molecule is OCCOC1CCN(CCNC2CC2)CC1. The van der Waals surface area contributed by atoms with Crippen molar-refractivity contribution < 1.29 is 9.84 Å². The summed E-state index contributed by atoms with van der Waals surface area (Å²) in [6, 6.07) is 0.824. The number of hydrogen-bond donors (Lipinski definition) is 2. The molecule has 1 aliphatic heterocycles. The van der Waals surface area contributed by atoms with Crippen LogP contribution in [0.5, 0.6) is 0 Å². The lowest BCUT2D eigenvalue weighted by molar-refractivity contribution is -0.00747. The average molecular weight is 228 g/mol. The number of rotatable bonds is 7. The first kappa shape index (κ1) is 12.3. The van der Waals surface area contributed by atoms with E-state index in [0.29, 0.717) is 12.7 Å². The zero-order valence-corrected chi connectivity index (χ0v) is 10.0. The molecule has 4 nitrogen and oxygen atoms in total. The second-order valence-corrected chi connectivity index (χ2v) is 4.86. The average Bonchev–Trinajstić information content (AvgIpc) is 3.12. The maximum Gasteiger partial charge on any atom is 0.0701 e. The summed E-state index contributed by atoms with van der Waals surface area (Å²) >= 11 is 0. The van der Waals surface area contributed by atoms with Gasteiger partial charge in [-0.1, -0.05) is 0 Å². The van der Waals surface area contributed by atoms with E-state index in [1.54, 1.807) is 0 Å². The van der Waals surface area contributed by atoms with E-state index in [-0.39, 0.29) is 6.61 Å². The Kier molecular flexibility index (Phi) is 5.03. The molecular formula is C12H24N2O2. The fraction of sp³-hybridized carbons (Fsp3) is 1.00. The van der Waals surface area contributed by atoms with Crippen LogP contribution < -0.4 is 5.32 Å². The monoisotopic (exact) mass is 228 g/mol. The Hall–Kier alpha value is -0.160. The molecule has 0 amide bonds. The summed E-state index contributed by atoms with van der Waals surface area (Å²) in [7, 11) is 0. The molecule has 2 aliphatic rings. The van der Waals surface area contributed by atoms with Crippen molar-refractivity contribution in [3.8, 4) is 0 Å². The molecule has 2 rings (SSSR count). The van der Waals surface area contributed by atoms with Crippen molar-refractivity contribution in [2.75, 3.05) is 39.4 Å². The number of nitrogens with zero attached hydrogens (tertiary/aromatic N) is 1. The highest BCUT2D eigenvalue weighted by molar-refractivity contribution is 4.81. The summed E-state index contributed by atoms with van der Waals surface area (Å²) in [5.74, 6) is 0. The quantitative estimate of drug-likeness (QED) is 0.654. The summed E-state index contributed by atoms with van der Waals surface area (Å²) < 4.78 is 5.54. The van der Waals surface area contributed by atoms with Gasteiger partial charge in [-0.2, -0.15) is 0 Å². The summed E-state index contributed by atoms with van der Waals surface area (Å²) in [6.45, 7) is 5.22. The Morgan fingerprint density at radius 2 is 1.94 bits per heavy atom. The van der Waals surface area contributed by atoms with Crippen LogP contribution in [-0.4, -0.2) is 61.5 Å². The first-order valence-electron chi connectivity index (χ1n) is 6.56. The molecule has 0 aromatic rings. The minimum atomic E-state index is 0.144. The van der Waals surface area contributed by atoms with E-state index >= 15 is 0 Å². The number of ether oxygens (including phenoxy) is 1. The highest BCUT2D eigenvalue weighted by atomic mass is 16.5. The molecule has 4 heteroatoms. The van der Waals surface area contributed by atoms with Crippen LogP contribution in [0.25, 0.3) is 0 Å². The Morgan fingerprint density at radius 1 is 1.19 bits per heavy atom. The molecule has 1 saturated carbocycles. The molecule has 0 spiro atoms. The predicted octanol–water partition coefficient (Wildman–Crippen LogP) is 0.212. The molecule has 0 atom stereocenters. The van der Waals surface area contributed by atoms with E-state index in [4.69, 9.17) is 9.84 Å². The maximum absolute atomic E-state index is 8.68. The van der Waals surface area contributed by atoms with E-state index in [0.717, 1.165) is 38.5 Å². The lowest BCUT2D eigenvalue weighted by atomic mass is 10.1. The lowest BCUT2D eigenvalue weighted by Gasteiger charge is -2.31. The lowest BCUT2D eigenvalue weighted by Crippen LogP contribution is -2.41. The molecule has 2 N–H and O–H groups in total. The molecule has 0 aromatic carbocycles. The van der Waals surface area contributed by atoms with Gasteiger partial charge in [0.2, 0.25) is 0 Å². The Balaban J connectivity index is 1.50. The van der Waals surface area contributed by atoms with E-state index in [1.165, 1.54) is 19.4 Å². The minimum absolute atomic E-state index is 0.144. The fourth-order valence-corrected chi connectivity index (χ4v) is 2.23. The minimum Gasteiger partial charge on any atom is -0.394 e. The van der Waals surface area contributed by atoms with E-state index in [9.17, 15) is 0 Å². The van der Waals surface area contributed by atoms with Crippen molar-refractivity contribution in [3.05, 3.63) is 0 Å². The third-order valence-electron chi connectivity index (χ3n) is 3.42. The van der Waals surface area contributed by atoms with Crippen LogP contribution in [0.4, 0.5) is 0 Å². The summed E-state index contributed by atoms with van der Waals surface area (Å²) in [5.41, 5.74) is 0. The third-order valence-corrected chi connectivity index (χ3v) is 3.42. The van der Waals surface area contributed by atoms with E-state index in [1.807, 2.05) is 0 Å². The van der Waals surface area contributed by atoms with Gasteiger partial charge in [0.05, 0.1) is 19.3 Å². The molecule has 94 valence electrons. The summed E-state index contributed by atoms with van der Waals surface area (Å²) in [4.78, 5) is 2.51. The molecular weight excluding hydrogens is 204 g/mol. The molecule has 1 saturated heterocycles. The molecule has 16 heavy (non-hydrogen) atoms. The standard InChI is InChI=1S/C12H24N2O2/c15-9-10-16-12-3-6-14(7-4-12)8-5-13-11-1-2-11/h11-13,15H,1-10H2. The Bertz CT molecular complexity index is 189. The normalized spacial score (nSPS) is 23.8. The second-order valence-electron chi connectivity index (χ2n) is 4.86. The number of aliphatic hydroxyl groups is 1. The topological polar surface area (TPSA) is 44.7 Å². The van der Waals surface area contributed by atoms with Crippen LogP contribution in [0.15, 0.2) is 0 Å². The first-order chi connectivity index (χ1) is 7.88. The van der Waals surface area contributed by atoms with Crippen LogP contribution in [0.2, 0.25) is 0 Å². The Morgan fingerprint density at radius 3 is 2.56 bits per heavy atom. The van der Waals surface area contributed by atoms with Crippen LogP contribution in [0.3, 0.4) is 0 Å². The van der Waals surface area contributed by atoms with Gasteiger partial charge in [-0.25, -0.2) is 0 Å². The largest absolute Gasteiger partial charge is 0.394 e. The zero-order valence-electron chi connectivity index (χ0n) is 10.0. The molecule has 0 unspecified atom stereocenters. The van der Waals surface area contributed by atoms with Gasteiger partial charge < -0.3 is 20.1 Å². The maximum atomic E-state index is 8.68. The van der Waals surface area contributed by atoms with Gasteiger partial charge in [0.15, 0.2) is 0 Å². The van der Waals surface area contributed by atoms with Gasteiger partial charge in [-0.3, -0.25) is 0 Å². The van der Waals surface area contributed by atoms with E-state index in [2.05, 4.69) is 10.2 Å². The molecule has 0 bridgehead atoms. The van der Waals surface area contributed by atoms with Crippen molar-refractivity contribution in [3.63, 3.8) is 0 Å². The molecule has 2 fully saturated rings. The molecule has 1 heterocycles. The summed E-state index contributed by atoms with van der Waals surface area (Å²) in [5, 5.41) is 12.2. The van der Waals surface area contributed by atoms with Gasteiger partial charge in [0.25, 0.3) is 0 Å². The van der Waals surface area contributed by atoms with Gasteiger partial charge in [-0.05, 0) is 25.7 Å². The number of aliphatic hydroxyl groups excluding tert-OH is 1. The van der Waals surface area contributed by atoms with Gasteiger partial charge >= 0.3 is 0 Å². The number of likely N-dealkylation sites (tertiary alicyclic amines) is 1. The fourth-order valence-electron chi connectivity index (χ4n) is 2.23. The molecule has 0 radical (unpaired) electrons. The van der Waals surface area contributed by atoms with Crippen LogP contribution >= 0.6 is 0 Å². The van der Waals surface area contributed by atoms with Crippen LogP contribution in [-0.2, 0) is 4.74 Å². The summed E-state index contributed by atoms with van der Waals surface area (Å²) in [6.07, 6.45) is 5.35. The first-order valence-corrected chi connectivity index (χ1v) is 6.56. The highest BCUT2D eigenvalue weighted by Gasteiger charge is 2.22. The highest BCUT2D eigenvalue weighted by Crippen LogP contribution is 2.18. The van der Waals surface area contributed by atoms with E-state index < -0.39 is 0 Å². The van der Waals surface area contributed by atoms with Gasteiger partial charge in [-0.15, -0.1) is 0 Å². The number of hydrogen-bond acceptors (Lipinski definition) is 4. The van der Waals surface area contributed by atoms with Gasteiger partial charge in [0.1, 0.15) is 0 Å². The second kappa shape index (κ2) is 6.55. The van der Waals surface area contributed by atoms with Crippen molar-refractivity contribution in [2.45, 2.75) is 37.8 Å². The Labute approximate surface area is 98.0 Å².